The van der Waals surface area contributed by atoms with Crippen LogP contribution in [0.3, 0.4) is 0 Å². The van der Waals surface area contributed by atoms with Crippen LogP contribution in [-0.2, 0) is 7.05 Å². The molecule has 114 valence electrons. The highest BCUT2D eigenvalue weighted by molar-refractivity contribution is 6.02. The number of ether oxygens (including phenoxy) is 2. The molecule has 0 unspecified atom stereocenters. The second kappa shape index (κ2) is 5.05. The van der Waals surface area contributed by atoms with Crippen molar-refractivity contribution in [2.75, 3.05) is 20.3 Å². The summed E-state index contributed by atoms with van der Waals surface area (Å²) in [5.74, 6) is 1.62. The molecule has 0 N–H and O–H groups in total. The van der Waals surface area contributed by atoms with E-state index in [0.29, 0.717) is 13.2 Å². The van der Waals surface area contributed by atoms with Crippen LogP contribution in [0.1, 0.15) is 23.6 Å². The SMILES string of the molecule is CN1N=C(c2ccc3c(c2)OCCO3)C[C@@H]1c1cnn(C)c1. The number of benzene rings is 1. The predicted octanol–water partition coefficient (Wildman–Crippen LogP) is 1.97. The lowest BCUT2D eigenvalue weighted by atomic mass is 10.0. The average molecular weight is 298 g/mol. The van der Waals surface area contributed by atoms with Crippen LogP contribution in [0, 0.1) is 0 Å². The number of aryl methyl sites for hydroxylation is 1. The zero-order valence-electron chi connectivity index (χ0n) is 12.7. The van der Waals surface area contributed by atoms with Crippen molar-refractivity contribution in [3.05, 3.63) is 41.7 Å². The highest BCUT2D eigenvalue weighted by Gasteiger charge is 2.27. The van der Waals surface area contributed by atoms with Crippen LogP contribution in [0.4, 0.5) is 0 Å². The molecule has 1 atom stereocenters. The summed E-state index contributed by atoms with van der Waals surface area (Å²) in [5, 5.41) is 10.9. The van der Waals surface area contributed by atoms with Crippen LogP contribution in [0.15, 0.2) is 35.7 Å². The van der Waals surface area contributed by atoms with Crippen molar-refractivity contribution >= 4 is 5.71 Å². The molecule has 6 heteroatoms. The molecule has 22 heavy (non-hydrogen) atoms. The first-order chi connectivity index (χ1) is 10.7. The monoisotopic (exact) mass is 298 g/mol. The van der Waals surface area contributed by atoms with Crippen molar-refractivity contribution in [2.45, 2.75) is 12.5 Å². The third kappa shape index (κ3) is 2.20. The molecule has 2 aromatic rings. The standard InChI is InChI=1S/C16H18N4O2/c1-19-10-12(9-17-19)14-8-13(18-20(14)2)11-3-4-15-16(7-11)22-6-5-21-15/h3-4,7,9-10,14H,5-6,8H2,1-2H3/t14-/m1/s1. The Bertz CT molecular complexity index is 737. The van der Waals surface area contributed by atoms with Gasteiger partial charge in [0.1, 0.15) is 13.2 Å². The molecular weight excluding hydrogens is 280 g/mol. The number of rotatable bonds is 2. The smallest absolute Gasteiger partial charge is 0.162 e. The Hall–Kier alpha value is -2.50. The summed E-state index contributed by atoms with van der Waals surface area (Å²) in [4.78, 5) is 0. The van der Waals surface area contributed by atoms with Crippen LogP contribution < -0.4 is 9.47 Å². The van der Waals surface area contributed by atoms with E-state index in [1.807, 2.05) is 54.4 Å². The molecule has 2 aliphatic rings. The number of hydrogen-bond acceptors (Lipinski definition) is 5. The largest absolute Gasteiger partial charge is 0.486 e. The molecule has 3 heterocycles. The predicted molar refractivity (Wildman–Crippen MR) is 82.3 cm³/mol. The fraction of sp³-hybridized carbons (Fsp3) is 0.375. The van der Waals surface area contributed by atoms with E-state index in [0.717, 1.165) is 29.2 Å². The number of hydrazone groups is 1. The first-order valence-corrected chi connectivity index (χ1v) is 7.39. The number of aromatic nitrogens is 2. The molecule has 0 aliphatic carbocycles. The third-order valence-corrected chi connectivity index (χ3v) is 4.10. The van der Waals surface area contributed by atoms with Gasteiger partial charge in [-0.15, -0.1) is 0 Å². The quantitative estimate of drug-likeness (QED) is 0.850. The summed E-state index contributed by atoms with van der Waals surface area (Å²) < 4.78 is 13.1. The molecule has 0 radical (unpaired) electrons. The topological polar surface area (TPSA) is 51.9 Å². The first-order valence-electron chi connectivity index (χ1n) is 7.39. The minimum atomic E-state index is 0.233. The molecule has 0 bridgehead atoms. The highest BCUT2D eigenvalue weighted by Crippen LogP contribution is 2.35. The minimum Gasteiger partial charge on any atom is -0.486 e. The molecule has 0 saturated carbocycles. The van der Waals surface area contributed by atoms with E-state index in [4.69, 9.17) is 14.6 Å². The average Bonchev–Trinajstić information content (AvgIpc) is 3.12. The van der Waals surface area contributed by atoms with E-state index in [1.165, 1.54) is 5.56 Å². The Labute approximate surface area is 128 Å². The zero-order chi connectivity index (χ0) is 15.1. The van der Waals surface area contributed by atoms with Gasteiger partial charge >= 0.3 is 0 Å². The van der Waals surface area contributed by atoms with Crippen LogP contribution >= 0.6 is 0 Å². The van der Waals surface area contributed by atoms with E-state index in [1.54, 1.807) is 0 Å². The molecule has 0 saturated heterocycles. The van der Waals surface area contributed by atoms with Crippen LogP contribution in [0.25, 0.3) is 0 Å². The second-order valence-electron chi connectivity index (χ2n) is 5.65. The summed E-state index contributed by atoms with van der Waals surface area (Å²) >= 11 is 0. The number of nitrogens with zero attached hydrogens (tertiary/aromatic N) is 4. The lowest BCUT2D eigenvalue weighted by Crippen LogP contribution is -2.15. The molecular formula is C16H18N4O2. The highest BCUT2D eigenvalue weighted by atomic mass is 16.6. The summed E-state index contributed by atoms with van der Waals surface area (Å²) in [5.41, 5.74) is 3.33. The minimum absolute atomic E-state index is 0.233. The molecule has 1 aromatic carbocycles. The van der Waals surface area contributed by atoms with E-state index in [-0.39, 0.29) is 6.04 Å². The van der Waals surface area contributed by atoms with E-state index < -0.39 is 0 Å². The Balaban J connectivity index is 1.60. The van der Waals surface area contributed by atoms with Crippen molar-refractivity contribution in [3.8, 4) is 11.5 Å². The Kier molecular flexibility index (Phi) is 3.03. The van der Waals surface area contributed by atoms with Gasteiger partial charge in [0.15, 0.2) is 11.5 Å². The Morgan fingerprint density at radius 1 is 1.14 bits per heavy atom. The van der Waals surface area contributed by atoms with Crippen molar-refractivity contribution in [1.82, 2.24) is 14.8 Å². The van der Waals surface area contributed by atoms with Crippen molar-refractivity contribution in [3.63, 3.8) is 0 Å². The number of fused-ring (bicyclic) bond motifs is 1. The van der Waals surface area contributed by atoms with Crippen LogP contribution in [-0.4, -0.2) is 40.8 Å². The number of hydrogen-bond donors (Lipinski definition) is 0. The van der Waals surface area contributed by atoms with Crippen molar-refractivity contribution < 1.29 is 9.47 Å². The van der Waals surface area contributed by atoms with Gasteiger partial charge in [-0.05, 0) is 18.2 Å². The van der Waals surface area contributed by atoms with E-state index >= 15 is 0 Å². The maximum absolute atomic E-state index is 5.66. The molecule has 6 nitrogen and oxygen atoms in total. The molecule has 0 spiro atoms. The van der Waals surface area contributed by atoms with Crippen LogP contribution in [0.5, 0.6) is 11.5 Å². The van der Waals surface area contributed by atoms with Gasteiger partial charge in [-0.1, -0.05) is 0 Å². The van der Waals surface area contributed by atoms with Crippen LogP contribution in [0.2, 0.25) is 0 Å². The van der Waals surface area contributed by atoms with E-state index in [9.17, 15) is 0 Å². The Morgan fingerprint density at radius 3 is 2.73 bits per heavy atom. The fourth-order valence-corrected chi connectivity index (χ4v) is 2.96. The van der Waals surface area contributed by atoms with Gasteiger partial charge < -0.3 is 9.47 Å². The third-order valence-electron chi connectivity index (χ3n) is 4.10. The van der Waals surface area contributed by atoms with Gasteiger partial charge in [0.25, 0.3) is 0 Å². The summed E-state index contributed by atoms with van der Waals surface area (Å²) in [6.07, 6.45) is 4.81. The van der Waals surface area contributed by atoms with Gasteiger partial charge in [0, 0.05) is 37.8 Å². The van der Waals surface area contributed by atoms with Gasteiger partial charge in [0.05, 0.1) is 18.0 Å². The second-order valence-corrected chi connectivity index (χ2v) is 5.65. The first kappa shape index (κ1) is 13.2. The summed E-state index contributed by atoms with van der Waals surface area (Å²) in [6, 6.07) is 6.26. The van der Waals surface area contributed by atoms with Crippen molar-refractivity contribution in [1.29, 1.82) is 0 Å². The lowest BCUT2D eigenvalue weighted by molar-refractivity contribution is 0.171. The summed E-state index contributed by atoms with van der Waals surface area (Å²) in [6.45, 7) is 1.21. The van der Waals surface area contributed by atoms with Gasteiger partial charge in [-0.25, -0.2) is 0 Å². The molecule has 0 fully saturated rings. The normalized spacial score (nSPS) is 20.2. The molecule has 1 aromatic heterocycles. The molecule has 0 amide bonds. The zero-order valence-corrected chi connectivity index (χ0v) is 12.7. The van der Waals surface area contributed by atoms with E-state index in [2.05, 4.69) is 5.10 Å². The molecule has 2 aliphatic heterocycles. The van der Waals surface area contributed by atoms with Crippen molar-refractivity contribution in [2.24, 2.45) is 12.1 Å². The lowest BCUT2D eigenvalue weighted by Gasteiger charge is -2.18. The summed E-state index contributed by atoms with van der Waals surface area (Å²) in [7, 11) is 3.93. The Morgan fingerprint density at radius 2 is 1.95 bits per heavy atom. The van der Waals surface area contributed by atoms with Gasteiger partial charge in [-0.2, -0.15) is 10.2 Å². The maximum Gasteiger partial charge on any atom is 0.162 e. The van der Waals surface area contributed by atoms with Gasteiger partial charge in [0.2, 0.25) is 0 Å². The molecule has 4 rings (SSSR count). The van der Waals surface area contributed by atoms with Gasteiger partial charge in [-0.3, -0.25) is 9.69 Å². The fourth-order valence-electron chi connectivity index (χ4n) is 2.96. The maximum atomic E-state index is 5.66.